The van der Waals surface area contributed by atoms with E-state index in [0.29, 0.717) is 37.4 Å². The third-order valence-electron chi connectivity index (χ3n) is 4.23. The second-order valence-electron chi connectivity index (χ2n) is 6.24. The van der Waals surface area contributed by atoms with Gasteiger partial charge in [0, 0.05) is 32.0 Å². The van der Waals surface area contributed by atoms with Crippen molar-refractivity contribution >= 4 is 11.7 Å². The monoisotopic (exact) mass is 386 g/mol. The van der Waals surface area contributed by atoms with E-state index in [1.165, 1.54) is 0 Å². The van der Waals surface area contributed by atoms with Crippen LogP contribution in [-0.2, 0) is 16.1 Å². The zero-order valence-corrected chi connectivity index (χ0v) is 16.9. The first kappa shape index (κ1) is 21.6. The normalized spacial score (nSPS) is 13.6. The lowest BCUT2D eigenvalue weighted by Gasteiger charge is -2.18. The Kier molecular flexibility index (Phi) is 8.14. The average Bonchev–Trinajstić information content (AvgIpc) is 3.53. The van der Waals surface area contributed by atoms with Crippen LogP contribution in [0.25, 0.3) is 0 Å². The van der Waals surface area contributed by atoms with Crippen LogP contribution < -0.4 is 20.5 Å². The SMILES string of the molecule is CC.COc1cc(OC2(C(=O)OCc3ccccc3)CC2)ccc1NCCN. The van der Waals surface area contributed by atoms with Crippen molar-refractivity contribution in [2.75, 3.05) is 25.5 Å². The number of benzene rings is 2. The van der Waals surface area contributed by atoms with Crippen LogP contribution in [0.1, 0.15) is 32.3 Å². The molecule has 0 amide bonds. The largest absolute Gasteiger partial charge is 0.494 e. The van der Waals surface area contributed by atoms with Crippen LogP contribution in [0.5, 0.6) is 11.5 Å². The Balaban J connectivity index is 0.00000136. The number of carbonyl (C=O) groups excluding carboxylic acids is 1. The standard InChI is InChI=1S/C20H24N2O4.C2H6/c1-24-18-13-16(7-8-17(18)22-12-11-21)26-20(9-10-20)19(23)25-14-15-5-3-2-4-6-15;1-2/h2-8,13,22H,9-12,14,21H2,1H3;1-2H3. The molecule has 0 saturated heterocycles. The first-order valence-corrected chi connectivity index (χ1v) is 9.69. The summed E-state index contributed by atoms with van der Waals surface area (Å²) < 4.78 is 16.8. The molecular formula is C22H30N2O4. The average molecular weight is 386 g/mol. The molecule has 0 spiro atoms. The molecule has 3 N–H and O–H groups in total. The van der Waals surface area contributed by atoms with Crippen molar-refractivity contribution in [3.8, 4) is 11.5 Å². The smallest absolute Gasteiger partial charge is 0.350 e. The highest BCUT2D eigenvalue weighted by Gasteiger charge is 2.54. The first-order valence-electron chi connectivity index (χ1n) is 9.69. The summed E-state index contributed by atoms with van der Waals surface area (Å²) in [6, 6.07) is 15.0. The Labute approximate surface area is 167 Å². The van der Waals surface area contributed by atoms with Crippen LogP contribution in [0.3, 0.4) is 0 Å². The summed E-state index contributed by atoms with van der Waals surface area (Å²) in [4.78, 5) is 12.5. The predicted octanol–water partition coefficient (Wildman–Crippen LogP) is 3.75. The molecular weight excluding hydrogens is 356 g/mol. The summed E-state index contributed by atoms with van der Waals surface area (Å²) in [5.74, 6) is 0.893. The lowest BCUT2D eigenvalue weighted by molar-refractivity contribution is -0.155. The second-order valence-corrected chi connectivity index (χ2v) is 6.24. The van der Waals surface area contributed by atoms with Gasteiger partial charge in [0.1, 0.15) is 18.1 Å². The van der Waals surface area contributed by atoms with Gasteiger partial charge in [-0.3, -0.25) is 0 Å². The predicted molar refractivity (Wildman–Crippen MR) is 111 cm³/mol. The number of methoxy groups -OCH3 is 1. The highest BCUT2D eigenvalue weighted by molar-refractivity contribution is 5.83. The van der Waals surface area contributed by atoms with E-state index < -0.39 is 5.60 Å². The summed E-state index contributed by atoms with van der Waals surface area (Å²) in [7, 11) is 1.59. The first-order chi connectivity index (χ1) is 13.7. The maximum Gasteiger partial charge on any atom is 0.350 e. The summed E-state index contributed by atoms with van der Waals surface area (Å²) in [6.07, 6.45) is 1.30. The van der Waals surface area contributed by atoms with Crippen LogP contribution in [0, 0.1) is 0 Å². The van der Waals surface area contributed by atoms with E-state index in [9.17, 15) is 4.79 Å². The van der Waals surface area contributed by atoms with E-state index in [4.69, 9.17) is 19.9 Å². The minimum absolute atomic E-state index is 0.246. The molecule has 0 heterocycles. The van der Waals surface area contributed by atoms with Gasteiger partial charge < -0.3 is 25.3 Å². The maximum absolute atomic E-state index is 12.5. The Morgan fingerprint density at radius 2 is 1.86 bits per heavy atom. The summed E-state index contributed by atoms with van der Waals surface area (Å²) >= 11 is 0. The molecule has 1 aliphatic rings. The van der Waals surface area contributed by atoms with Gasteiger partial charge in [0.15, 0.2) is 0 Å². The van der Waals surface area contributed by atoms with Gasteiger partial charge in [-0.15, -0.1) is 0 Å². The molecule has 152 valence electrons. The number of ether oxygens (including phenoxy) is 3. The third-order valence-corrected chi connectivity index (χ3v) is 4.23. The van der Waals surface area contributed by atoms with E-state index in [0.717, 1.165) is 11.3 Å². The molecule has 0 aromatic heterocycles. The van der Waals surface area contributed by atoms with Gasteiger partial charge in [-0.1, -0.05) is 44.2 Å². The van der Waals surface area contributed by atoms with E-state index in [1.807, 2.05) is 56.3 Å². The molecule has 0 radical (unpaired) electrons. The van der Waals surface area contributed by atoms with Gasteiger partial charge in [0.2, 0.25) is 5.60 Å². The van der Waals surface area contributed by atoms with Crippen LogP contribution in [0.15, 0.2) is 48.5 Å². The van der Waals surface area contributed by atoms with Crippen LogP contribution in [0.2, 0.25) is 0 Å². The lowest BCUT2D eigenvalue weighted by atomic mass is 10.2. The fraction of sp³-hybridized carbons (Fsp3) is 0.409. The van der Waals surface area contributed by atoms with Crippen molar-refractivity contribution in [3.05, 3.63) is 54.1 Å². The Morgan fingerprint density at radius 3 is 2.46 bits per heavy atom. The molecule has 2 aromatic carbocycles. The number of anilines is 1. The summed E-state index contributed by atoms with van der Waals surface area (Å²) in [5, 5.41) is 3.18. The molecule has 2 aromatic rings. The zero-order chi connectivity index (χ0) is 20.4. The number of hydrogen-bond donors (Lipinski definition) is 2. The van der Waals surface area contributed by atoms with Crippen molar-refractivity contribution in [1.82, 2.24) is 0 Å². The Bertz CT molecular complexity index is 745. The van der Waals surface area contributed by atoms with Crippen molar-refractivity contribution in [2.45, 2.75) is 38.9 Å². The fourth-order valence-corrected chi connectivity index (χ4v) is 2.63. The number of nitrogens with two attached hydrogens (primary N) is 1. The molecule has 0 atom stereocenters. The second kappa shape index (κ2) is 10.6. The van der Waals surface area contributed by atoms with Gasteiger partial charge in [0.25, 0.3) is 0 Å². The van der Waals surface area contributed by atoms with Crippen molar-refractivity contribution in [3.63, 3.8) is 0 Å². The lowest BCUT2D eigenvalue weighted by Crippen LogP contribution is -2.31. The van der Waals surface area contributed by atoms with Crippen molar-refractivity contribution in [1.29, 1.82) is 0 Å². The highest BCUT2D eigenvalue weighted by atomic mass is 16.6. The van der Waals surface area contributed by atoms with Crippen LogP contribution in [0.4, 0.5) is 5.69 Å². The van der Waals surface area contributed by atoms with Crippen molar-refractivity contribution < 1.29 is 19.0 Å². The molecule has 0 unspecified atom stereocenters. The minimum Gasteiger partial charge on any atom is -0.494 e. The number of hydrogen-bond acceptors (Lipinski definition) is 6. The molecule has 28 heavy (non-hydrogen) atoms. The Hall–Kier alpha value is -2.73. The van der Waals surface area contributed by atoms with Gasteiger partial charge >= 0.3 is 5.97 Å². The molecule has 6 nitrogen and oxygen atoms in total. The number of carbonyl (C=O) groups is 1. The number of nitrogens with one attached hydrogen (secondary N) is 1. The molecule has 0 aliphatic heterocycles. The maximum atomic E-state index is 12.5. The molecule has 0 bridgehead atoms. The van der Waals surface area contributed by atoms with E-state index in [1.54, 1.807) is 13.2 Å². The van der Waals surface area contributed by atoms with Crippen molar-refractivity contribution in [2.24, 2.45) is 5.73 Å². The zero-order valence-electron chi connectivity index (χ0n) is 16.9. The topological polar surface area (TPSA) is 82.8 Å². The van der Waals surface area contributed by atoms with Gasteiger partial charge in [-0.25, -0.2) is 4.79 Å². The molecule has 1 aliphatic carbocycles. The summed E-state index contributed by atoms with van der Waals surface area (Å²) in [6.45, 7) is 5.42. The molecule has 6 heteroatoms. The van der Waals surface area contributed by atoms with E-state index in [2.05, 4.69) is 5.32 Å². The third kappa shape index (κ3) is 5.63. The van der Waals surface area contributed by atoms with Crippen LogP contribution >= 0.6 is 0 Å². The van der Waals surface area contributed by atoms with Gasteiger partial charge in [0.05, 0.1) is 12.8 Å². The Morgan fingerprint density at radius 1 is 1.14 bits per heavy atom. The number of rotatable bonds is 9. The fourth-order valence-electron chi connectivity index (χ4n) is 2.63. The van der Waals surface area contributed by atoms with Gasteiger partial charge in [-0.2, -0.15) is 0 Å². The van der Waals surface area contributed by atoms with E-state index in [-0.39, 0.29) is 12.6 Å². The molecule has 1 fully saturated rings. The quantitative estimate of drug-likeness (QED) is 0.639. The van der Waals surface area contributed by atoms with Gasteiger partial charge in [-0.05, 0) is 17.7 Å². The highest BCUT2D eigenvalue weighted by Crippen LogP contribution is 2.43. The summed E-state index contributed by atoms with van der Waals surface area (Å²) in [5.41, 5.74) is 6.42. The minimum atomic E-state index is -0.883. The number of esters is 1. The molecule has 3 rings (SSSR count). The molecule has 1 saturated carbocycles. The van der Waals surface area contributed by atoms with Crippen LogP contribution in [-0.4, -0.2) is 31.8 Å². The van der Waals surface area contributed by atoms with E-state index >= 15 is 0 Å².